The van der Waals surface area contributed by atoms with Crippen molar-refractivity contribution in [2.75, 3.05) is 6.54 Å². The molecule has 2 aromatic heterocycles. The summed E-state index contributed by atoms with van der Waals surface area (Å²) in [5, 5.41) is 2.79. The summed E-state index contributed by atoms with van der Waals surface area (Å²) in [6, 6.07) is 13.8. The lowest BCUT2D eigenvalue weighted by Gasteiger charge is -2.32. The van der Waals surface area contributed by atoms with Crippen LogP contribution in [0.1, 0.15) is 43.7 Å². The smallest absolute Gasteiger partial charge is 0.261 e. The number of aromatic nitrogens is 2. The molecule has 3 unspecified atom stereocenters. The van der Waals surface area contributed by atoms with Crippen LogP contribution in [-0.4, -0.2) is 16.1 Å². The van der Waals surface area contributed by atoms with Crippen molar-refractivity contribution in [3.63, 3.8) is 0 Å². The molecular weight excluding hydrogens is 374 g/mol. The van der Waals surface area contributed by atoms with E-state index in [4.69, 9.17) is 10.2 Å². The van der Waals surface area contributed by atoms with Gasteiger partial charge in [0.1, 0.15) is 0 Å². The van der Waals surface area contributed by atoms with E-state index in [2.05, 4.69) is 23.2 Å². The van der Waals surface area contributed by atoms with Gasteiger partial charge in [0.25, 0.3) is 5.56 Å². The molecule has 1 fully saturated rings. The predicted molar refractivity (Wildman–Crippen MR) is 119 cm³/mol. The van der Waals surface area contributed by atoms with Gasteiger partial charge in [-0.1, -0.05) is 37.1 Å². The molecule has 0 saturated heterocycles. The number of nitrogens with two attached hydrogens (primary N) is 1. The number of hydrogen-bond acceptors (Lipinski definition) is 4. The normalized spacial score (nSPS) is 20.6. The van der Waals surface area contributed by atoms with E-state index in [9.17, 15) is 4.79 Å². The molecular formula is C25H27N3O2. The Labute approximate surface area is 175 Å². The molecule has 4 aromatic rings. The molecule has 2 N–H and O–H groups in total. The molecule has 5 rings (SSSR count). The largest absolute Gasteiger partial charge is 0.471 e. The molecule has 5 nitrogen and oxygen atoms in total. The van der Waals surface area contributed by atoms with E-state index in [-0.39, 0.29) is 11.6 Å². The van der Waals surface area contributed by atoms with E-state index in [1.54, 1.807) is 18.9 Å². The highest BCUT2D eigenvalue weighted by molar-refractivity contribution is 5.82. The monoisotopic (exact) mass is 401 g/mol. The van der Waals surface area contributed by atoms with Crippen LogP contribution in [0.5, 0.6) is 0 Å². The number of rotatable bonds is 5. The van der Waals surface area contributed by atoms with E-state index in [0.29, 0.717) is 17.2 Å². The van der Waals surface area contributed by atoms with Crippen LogP contribution < -0.4 is 11.3 Å². The maximum Gasteiger partial charge on any atom is 0.261 e. The van der Waals surface area contributed by atoms with E-state index in [0.717, 1.165) is 41.2 Å². The first kappa shape index (κ1) is 19.1. The quantitative estimate of drug-likeness (QED) is 0.517. The second kappa shape index (κ2) is 8.07. The molecule has 1 aliphatic carbocycles. The Morgan fingerprint density at radius 1 is 1.10 bits per heavy atom. The summed E-state index contributed by atoms with van der Waals surface area (Å²) in [4.78, 5) is 18.0. The minimum atomic E-state index is -0.0598. The number of hydrogen-bond donors (Lipinski definition) is 1. The summed E-state index contributed by atoms with van der Waals surface area (Å²) in [7, 11) is 0. The van der Waals surface area contributed by atoms with Gasteiger partial charge >= 0.3 is 0 Å². The van der Waals surface area contributed by atoms with Crippen LogP contribution in [0.2, 0.25) is 0 Å². The lowest BCUT2D eigenvalue weighted by Crippen LogP contribution is -2.29. The summed E-state index contributed by atoms with van der Waals surface area (Å²) in [5.74, 6) is 1.14. The summed E-state index contributed by atoms with van der Waals surface area (Å²) in [6.07, 6.45) is 10.9. The fourth-order valence-corrected chi connectivity index (χ4v) is 5.05. The van der Waals surface area contributed by atoms with Gasteiger partial charge in [0, 0.05) is 10.8 Å². The van der Waals surface area contributed by atoms with Gasteiger partial charge in [-0.15, -0.1) is 0 Å². The highest BCUT2D eigenvalue weighted by atomic mass is 16.3. The third kappa shape index (κ3) is 3.54. The Morgan fingerprint density at radius 2 is 1.93 bits per heavy atom. The first-order chi connectivity index (χ1) is 14.7. The zero-order chi connectivity index (χ0) is 20.5. The van der Waals surface area contributed by atoms with E-state index >= 15 is 0 Å². The number of furan rings is 1. The Bertz CT molecular complexity index is 1230. The van der Waals surface area contributed by atoms with Crippen molar-refractivity contribution >= 4 is 21.7 Å². The SMILES string of the molecule is NCC1CCCC(CC(c2ccc3cocc3c2)n2cnc3ccccc3c2=O)C1. The van der Waals surface area contributed by atoms with Crippen LogP contribution in [0, 0.1) is 11.8 Å². The van der Waals surface area contributed by atoms with Gasteiger partial charge in [0.2, 0.25) is 0 Å². The zero-order valence-corrected chi connectivity index (χ0v) is 17.0. The summed E-state index contributed by atoms with van der Waals surface area (Å²) >= 11 is 0. The maximum absolute atomic E-state index is 13.4. The lowest BCUT2D eigenvalue weighted by molar-refractivity contribution is 0.239. The van der Waals surface area contributed by atoms with Crippen LogP contribution in [0.4, 0.5) is 0 Å². The molecule has 3 atom stereocenters. The highest BCUT2D eigenvalue weighted by Crippen LogP contribution is 2.36. The highest BCUT2D eigenvalue weighted by Gasteiger charge is 2.26. The Morgan fingerprint density at radius 3 is 2.83 bits per heavy atom. The van der Waals surface area contributed by atoms with Crippen molar-refractivity contribution in [2.45, 2.75) is 38.1 Å². The maximum atomic E-state index is 13.4. The first-order valence-electron chi connectivity index (χ1n) is 10.8. The van der Waals surface area contributed by atoms with Crippen molar-refractivity contribution in [3.05, 3.63) is 77.2 Å². The predicted octanol–water partition coefficient (Wildman–Crippen LogP) is 4.89. The number of fused-ring (bicyclic) bond motifs is 2. The third-order valence-electron chi connectivity index (χ3n) is 6.69. The average molecular weight is 402 g/mol. The Kier molecular flexibility index (Phi) is 5.13. The second-order valence-electron chi connectivity index (χ2n) is 8.62. The molecule has 1 aliphatic rings. The van der Waals surface area contributed by atoms with E-state index in [1.165, 1.54) is 19.3 Å². The van der Waals surface area contributed by atoms with Crippen molar-refractivity contribution in [1.82, 2.24) is 9.55 Å². The summed E-state index contributed by atoms with van der Waals surface area (Å²) < 4.78 is 7.20. The molecule has 1 saturated carbocycles. The summed E-state index contributed by atoms with van der Waals surface area (Å²) in [6.45, 7) is 0.750. The van der Waals surface area contributed by atoms with Gasteiger partial charge in [-0.05, 0) is 61.4 Å². The lowest BCUT2D eigenvalue weighted by atomic mass is 9.77. The van der Waals surface area contributed by atoms with Crippen LogP contribution in [0.15, 0.2) is 70.5 Å². The Hall–Kier alpha value is -2.92. The second-order valence-corrected chi connectivity index (χ2v) is 8.62. The molecule has 0 radical (unpaired) electrons. The van der Waals surface area contributed by atoms with Gasteiger partial charge in [0.05, 0.1) is 35.8 Å². The number of nitrogens with zero attached hydrogens (tertiary/aromatic N) is 2. The van der Waals surface area contributed by atoms with Crippen molar-refractivity contribution in [2.24, 2.45) is 17.6 Å². The molecule has 30 heavy (non-hydrogen) atoms. The van der Waals surface area contributed by atoms with Gasteiger partial charge in [-0.3, -0.25) is 9.36 Å². The van der Waals surface area contributed by atoms with Crippen LogP contribution in [0.25, 0.3) is 21.7 Å². The van der Waals surface area contributed by atoms with E-state index < -0.39 is 0 Å². The summed E-state index contributed by atoms with van der Waals surface area (Å²) in [5.41, 5.74) is 7.86. The van der Waals surface area contributed by atoms with Crippen molar-refractivity contribution in [3.8, 4) is 0 Å². The minimum absolute atomic E-state index is 0.0177. The third-order valence-corrected chi connectivity index (χ3v) is 6.69. The Balaban J connectivity index is 1.59. The molecule has 0 spiro atoms. The van der Waals surface area contributed by atoms with Gasteiger partial charge in [0.15, 0.2) is 0 Å². The van der Waals surface area contributed by atoms with Crippen LogP contribution >= 0.6 is 0 Å². The van der Waals surface area contributed by atoms with Gasteiger partial charge in [-0.25, -0.2) is 4.98 Å². The zero-order valence-electron chi connectivity index (χ0n) is 17.0. The number of para-hydroxylation sites is 1. The molecule has 5 heteroatoms. The first-order valence-corrected chi connectivity index (χ1v) is 10.8. The fraction of sp³-hybridized carbons (Fsp3) is 0.360. The molecule has 0 bridgehead atoms. The topological polar surface area (TPSA) is 74.0 Å². The minimum Gasteiger partial charge on any atom is -0.471 e. The standard InChI is InChI=1S/C25H27N3O2/c26-13-18-5-3-4-17(10-18)11-24(19-8-9-20-14-30-15-21(20)12-19)28-16-27-23-7-2-1-6-22(23)25(28)29/h1-2,6-9,12,14-18,24H,3-5,10-11,13,26H2. The number of benzene rings is 2. The molecule has 0 aliphatic heterocycles. The molecule has 154 valence electrons. The molecule has 2 aromatic carbocycles. The van der Waals surface area contributed by atoms with Crippen molar-refractivity contribution < 1.29 is 4.42 Å². The van der Waals surface area contributed by atoms with Gasteiger partial charge in [-0.2, -0.15) is 0 Å². The van der Waals surface area contributed by atoms with Gasteiger partial charge < -0.3 is 10.2 Å². The van der Waals surface area contributed by atoms with Crippen LogP contribution in [-0.2, 0) is 0 Å². The fourth-order valence-electron chi connectivity index (χ4n) is 5.05. The average Bonchev–Trinajstić information content (AvgIpc) is 3.26. The molecule has 2 heterocycles. The van der Waals surface area contributed by atoms with E-state index in [1.807, 2.05) is 28.8 Å². The van der Waals surface area contributed by atoms with Crippen LogP contribution in [0.3, 0.4) is 0 Å². The van der Waals surface area contributed by atoms with Crippen molar-refractivity contribution in [1.29, 1.82) is 0 Å². The molecule has 0 amide bonds.